The van der Waals surface area contributed by atoms with E-state index in [0.29, 0.717) is 10.8 Å². The molecule has 0 spiro atoms. The topological polar surface area (TPSA) is 67.4 Å². The second-order valence-corrected chi connectivity index (χ2v) is 6.96. The smallest absolute Gasteiger partial charge is 0.326 e. The first kappa shape index (κ1) is 20.9. The Bertz CT molecular complexity index is 1050. The molecule has 0 aliphatic rings. The molecule has 0 radical (unpaired) electrons. The molecule has 0 heterocycles. The van der Waals surface area contributed by atoms with E-state index in [0.717, 1.165) is 6.07 Å². The van der Waals surface area contributed by atoms with Crippen molar-refractivity contribution in [3.05, 3.63) is 87.1 Å². The van der Waals surface area contributed by atoms with Crippen molar-refractivity contribution in [3.63, 3.8) is 0 Å². The molecule has 0 saturated heterocycles. The van der Waals surface area contributed by atoms with Gasteiger partial charge in [-0.1, -0.05) is 46.9 Å². The molecule has 0 fully saturated rings. The molecule has 0 bridgehead atoms. The van der Waals surface area contributed by atoms with Crippen molar-refractivity contribution in [1.29, 1.82) is 0 Å². The van der Waals surface area contributed by atoms with Gasteiger partial charge in [0.2, 0.25) is 0 Å². The Morgan fingerprint density at radius 3 is 2.14 bits per heavy atom. The van der Waals surface area contributed by atoms with E-state index in [1.54, 1.807) is 24.3 Å². The number of ether oxygens (including phenoxy) is 1. The third kappa shape index (κ3) is 5.38. The molecule has 0 saturated carbocycles. The Kier molecular flexibility index (Phi) is 6.59. The normalized spacial score (nSPS) is 10.3. The van der Waals surface area contributed by atoms with Crippen LogP contribution in [0.15, 0.2) is 60.7 Å². The van der Waals surface area contributed by atoms with E-state index >= 15 is 0 Å². The molecule has 3 amide bonds. The van der Waals surface area contributed by atoms with Crippen LogP contribution in [-0.4, -0.2) is 11.9 Å². The first-order chi connectivity index (χ1) is 13.8. The van der Waals surface area contributed by atoms with Gasteiger partial charge in [-0.05, 0) is 48.5 Å². The van der Waals surface area contributed by atoms with Gasteiger partial charge >= 0.3 is 6.03 Å². The van der Waals surface area contributed by atoms with Gasteiger partial charge in [0.1, 0.15) is 11.6 Å². The number of halogens is 4. The van der Waals surface area contributed by atoms with Crippen LogP contribution >= 0.6 is 34.8 Å². The van der Waals surface area contributed by atoms with Crippen LogP contribution in [0.4, 0.5) is 14.9 Å². The van der Waals surface area contributed by atoms with Crippen LogP contribution in [0.3, 0.4) is 0 Å². The zero-order valence-corrected chi connectivity index (χ0v) is 16.8. The lowest BCUT2D eigenvalue weighted by Gasteiger charge is -2.12. The SMILES string of the molecule is O=C(NC(=O)c1ccccc1F)Nc1cc(Cl)c(Oc2ccc(Cl)cc2)c(Cl)c1. The van der Waals surface area contributed by atoms with Gasteiger partial charge in [0.05, 0.1) is 15.6 Å². The summed E-state index contributed by atoms with van der Waals surface area (Å²) in [5.41, 5.74) is -0.0484. The highest BCUT2D eigenvalue weighted by atomic mass is 35.5. The van der Waals surface area contributed by atoms with Crippen LogP contribution in [0.2, 0.25) is 15.1 Å². The third-order valence-electron chi connectivity index (χ3n) is 3.64. The molecule has 0 unspecified atom stereocenters. The van der Waals surface area contributed by atoms with E-state index in [-0.39, 0.29) is 27.0 Å². The van der Waals surface area contributed by atoms with E-state index in [1.807, 2.05) is 5.32 Å². The summed E-state index contributed by atoms with van der Waals surface area (Å²) >= 11 is 18.2. The molecule has 0 aliphatic carbocycles. The number of amides is 3. The van der Waals surface area contributed by atoms with Crippen molar-refractivity contribution >= 4 is 52.4 Å². The van der Waals surface area contributed by atoms with Crippen molar-refractivity contribution < 1.29 is 18.7 Å². The third-order valence-corrected chi connectivity index (χ3v) is 4.45. The summed E-state index contributed by atoms with van der Waals surface area (Å²) in [7, 11) is 0. The van der Waals surface area contributed by atoms with Gasteiger partial charge in [0.15, 0.2) is 5.75 Å². The zero-order chi connectivity index (χ0) is 21.0. The molecule has 9 heteroatoms. The van der Waals surface area contributed by atoms with Gasteiger partial charge in [-0.2, -0.15) is 0 Å². The van der Waals surface area contributed by atoms with E-state index in [9.17, 15) is 14.0 Å². The lowest BCUT2D eigenvalue weighted by atomic mass is 10.2. The first-order valence-electron chi connectivity index (χ1n) is 8.13. The van der Waals surface area contributed by atoms with Crippen LogP contribution in [0, 0.1) is 5.82 Å². The van der Waals surface area contributed by atoms with Gasteiger partial charge < -0.3 is 10.1 Å². The summed E-state index contributed by atoms with van der Waals surface area (Å²) in [6.45, 7) is 0. The fourth-order valence-electron chi connectivity index (χ4n) is 2.33. The zero-order valence-electron chi connectivity index (χ0n) is 14.5. The van der Waals surface area contributed by atoms with Crippen LogP contribution in [0.25, 0.3) is 0 Å². The number of anilines is 1. The fourth-order valence-corrected chi connectivity index (χ4v) is 3.02. The molecule has 2 N–H and O–H groups in total. The highest BCUT2D eigenvalue weighted by Gasteiger charge is 2.16. The van der Waals surface area contributed by atoms with E-state index in [2.05, 4.69) is 5.32 Å². The lowest BCUT2D eigenvalue weighted by Crippen LogP contribution is -2.34. The summed E-state index contributed by atoms with van der Waals surface area (Å²) in [6, 6.07) is 13.8. The maximum Gasteiger partial charge on any atom is 0.326 e. The minimum absolute atomic E-state index is 0.128. The molecule has 3 aromatic rings. The lowest BCUT2D eigenvalue weighted by molar-refractivity contribution is 0.0963. The quantitative estimate of drug-likeness (QED) is 0.471. The van der Waals surface area contributed by atoms with Crippen LogP contribution in [0.1, 0.15) is 10.4 Å². The Morgan fingerprint density at radius 2 is 1.52 bits per heavy atom. The van der Waals surface area contributed by atoms with Gasteiger partial charge in [-0.15, -0.1) is 0 Å². The van der Waals surface area contributed by atoms with Gasteiger partial charge in [-0.25, -0.2) is 9.18 Å². The molecule has 3 aromatic carbocycles. The number of hydrogen-bond donors (Lipinski definition) is 2. The van der Waals surface area contributed by atoms with Crippen molar-refractivity contribution in [1.82, 2.24) is 5.32 Å². The first-order valence-corrected chi connectivity index (χ1v) is 9.26. The molecule has 5 nitrogen and oxygen atoms in total. The maximum atomic E-state index is 13.6. The predicted octanol–water partition coefficient (Wildman–Crippen LogP) is 6.54. The van der Waals surface area contributed by atoms with Crippen LogP contribution in [-0.2, 0) is 0 Å². The van der Waals surface area contributed by atoms with Gasteiger partial charge in [-0.3, -0.25) is 10.1 Å². The summed E-state index contributed by atoms with van der Waals surface area (Å²) in [5, 5.41) is 5.23. The van der Waals surface area contributed by atoms with Gasteiger partial charge in [0.25, 0.3) is 5.91 Å². The largest absolute Gasteiger partial charge is 0.454 e. The molecule has 148 valence electrons. The minimum Gasteiger partial charge on any atom is -0.454 e. The molecular formula is C20H12Cl3FN2O3. The van der Waals surface area contributed by atoms with Crippen molar-refractivity contribution in [2.75, 3.05) is 5.32 Å². The van der Waals surface area contributed by atoms with E-state index in [1.165, 1.54) is 30.3 Å². The number of carbonyl (C=O) groups excluding carboxylic acids is 2. The second kappa shape index (κ2) is 9.13. The van der Waals surface area contributed by atoms with Crippen molar-refractivity contribution in [3.8, 4) is 11.5 Å². The predicted molar refractivity (Wildman–Crippen MR) is 111 cm³/mol. The Hall–Kier alpha value is -2.80. The average molecular weight is 454 g/mol. The van der Waals surface area contributed by atoms with Crippen LogP contribution < -0.4 is 15.4 Å². The summed E-state index contributed by atoms with van der Waals surface area (Å²) in [5.74, 6) is -0.982. The second-order valence-electron chi connectivity index (χ2n) is 5.71. The number of benzene rings is 3. The summed E-state index contributed by atoms with van der Waals surface area (Å²) in [4.78, 5) is 24.0. The Balaban J connectivity index is 1.70. The van der Waals surface area contributed by atoms with E-state index in [4.69, 9.17) is 39.5 Å². The maximum absolute atomic E-state index is 13.6. The standard InChI is InChI=1S/C20H12Cl3FN2O3/c21-11-5-7-13(8-6-11)29-18-15(22)9-12(10-16(18)23)25-20(28)26-19(27)14-3-1-2-4-17(14)24/h1-10H,(H2,25,26,27,28). The Morgan fingerprint density at radius 1 is 0.897 bits per heavy atom. The fraction of sp³-hybridized carbons (Fsp3) is 0. The molecule has 29 heavy (non-hydrogen) atoms. The highest BCUT2D eigenvalue weighted by molar-refractivity contribution is 6.37. The summed E-state index contributed by atoms with van der Waals surface area (Å²) < 4.78 is 19.3. The number of rotatable bonds is 4. The molecular weight excluding hydrogens is 442 g/mol. The number of nitrogens with one attached hydrogen (secondary N) is 2. The summed E-state index contributed by atoms with van der Waals surface area (Å²) in [6.07, 6.45) is 0. The molecule has 0 aromatic heterocycles. The van der Waals surface area contributed by atoms with Crippen molar-refractivity contribution in [2.45, 2.75) is 0 Å². The highest BCUT2D eigenvalue weighted by Crippen LogP contribution is 2.39. The van der Waals surface area contributed by atoms with Crippen molar-refractivity contribution in [2.24, 2.45) is 0 Å². The Labute approximate surface area is 180 Å². The van der Waals surface area contributed by atoms with Gasteiger partial charge in [0, 0.05) is 10.7 Å². The average Bonchev–Trinajstić information content (AvgIpc) is 2.66. The number of carbonyl (C=O) groups is 2. The molecule has 0 aliphatic heterocycles. The number of hydrogen-bond acceptors (Lipinski definition) is 3. The molecule has 3 rings (SSSR count). The van der Waals surface area contributed by atoms with E-state index < -0.39 is 17.8 Å². The monoisotopic (exact) mass is 452 g/mol. The number of imide groups is 1. The molecule has 0 atom stereocenters. The minimum atomic E-state index is -0.888. The number of urea groups is 1. The van der Waals surface area contributed by atoms with Crippen LogP contribution in [0.5, 0.6) is 11.5 Å².